The lowest BCUT2D eigenvalue weighted by Gasteiger charge is -2.26. The Balaban J connectivity index is 2.53. The molecule has 1 aromatic rings. The fourth-order valence-electron chi connectivity index (χ4n) is 2.02. The Labute approximate surface area is 132 Å². The molecule has 0 unspecified atom stereocenters. The van der Waals surface area contributed by atoms with Gasteiger partial charge < -0.3 is 10.1 Å². The summed E-state index contributed by atoms with van der Waals surface area (Å²) in [5.74, 6) is 1.64. The number of hydrogen-bond donors (Lipinski definition) is 1. The molecule has 0 aliphatic rings. The molecule has 0 radical (unpaired) electrons. The molecule has 0 fully saturated rings. The fraction of sp³-hybridized carbons (Fsp3) is 0.647. The average Bonchev–Trinajstić information content (AvgIpc) is 2.32. The number of benzene rings is 1. The molecule has 1 rings (SSSR count). The standard InChI is InChI=1S/C17H28BrNO/c1-12(2)9-19-10-17(5,6)11-20-15-7-13(3)16(18)14(4)8-15/h7-8,12,19H,9-11H2,1-6H3. The van der Waals surface area contributed by atoms with Gasteiger partial charge in [0.1, 0.15) is 5.75 Å². The predicted octanol–water partition coefficient (Wildman–Crippen LogP) is 4.72. The van der Waals surface area contributed by atoms with Gasteiger partial charge in [-0.1, -0.05) is 43.6 Å². The Bertz CT molecular complexity index is 418. The van der Waals surface area contributed by atoms with Gasteiger partial charge in [-0.25, -0.2) is 0 Å². The third-order valence-electron chi connectivity index (χ3n) is 3.20. The van der Waals surface area contributed by atoms with Crippen LogP contribution in [0.1, 0.15) is 38.8 Å². The van der Waals surface area contributed by atoms with Crippen LogP contribution >= 0.6 is 15.9 Å². The van der Waals surface area contributed by atoms with E-state index in [1.165, 1.54) is 15.6 Å². The minimum atomic E-state index is 0.129. The van der Waals surface area contributed by atoms with Gasteiger partial charge in [-0.3, -0.25) is 0 Å². The van der Waals surface area contributed by atoms with Crippen molar-refractivity contribution >= 4 is 15.9 Å². The molecule has 0 saturated heterocycles. The van der Waals surface area contributed by atoms with E-state index in [1.807, 2.05) is 0 Å². The largest absolute Gasteiger partial charge is 0.493 e. The molecule has 0 heterocycles. The summed E-state index contributed by atoms with van der Waals surface area (Å²) >= 11 is 3.59. The normalized spacial score (nSPS) is 12.0. The molecule has 0 aliphatic heterocycles. The van der Waals surface area contributed by atoms with E-state index in [1.54, 1.807) is 0 Å². The molecule has 0 bridgehead atoms. The molecule has 0 spiro atoms. The van der Waals surface area contributed by atoms with Crippen LogP contribution < -0.4 is 10.1 Å². The number of rotatable bonds is 7. The molecule has 0 aliphatic carbocycles. The molecule has 0 atom stereocenters. The van der Waals surface area contributed by atoms with Gasteiger partial charge >= 0.3 is 0 Å². The van der Waals surface area contributed by atoms with Crippen molar-refractivity contribution in [3.05, 3.63) is 27.7 Å². The summed E-state index contributed by atoms with van der Waals surface area (Å²) < 4.78 is 7.15. The second-order valence-electron chi connectivity index (χ2n) is 6.85. The van der Waals surface area contributed by atoms with Crippen LogP contribution in [0.25, 0.3) is 0 Å². The molecule has 0 aromatic heterocycles. The van der Waals surface area contributed by atoms with Crippen LogP contribution in [0.4, 0.5) is 0 Å². The minimum Gasteiger partial charge on any atom is -0.493 e. The Morgan fingerprint density at radius 3 is 2.25 bits per heavy atom. The van der Waals surface area contributed by atoms with E-state index in [2.05, 4.69) is 74.9 Å². The summed E-state index contributed by atoms with van der Waals surface area (Å²) in [4.78, 5) is 0. The molecule has 1 N–H and O–H groups in total. The van der Waals surface area contributed by atoms with E-state index in [9.17, 15) is 0 Å². The molecule has 0 saturated carbocycles. The van der Waals surface area contributed by atoms with E-state index < -0.39 is 0 Å². The molecule has 114 valence electrons. The highest BCUT2D eigenvalue weighted by molar-refractivity contribution is 9.10. The first kappa shape index (κ1) is 17.5. The van der Waals surface area contributed by atoms with Gasteiger partial charge in [0.05, 0.1) is 6.61 Å². The zero-order chi connectivity index (χ0) is 15.3. The van der Waals surface area contributed by atoms with Crippen molar-refractivity contribution in [1.29, 1.82) is 0 Å². The van der Waals surface area contributed by atoms with Crippen molar-refractivity contribution < 1.29 is 4.74 Å². The monoisotopic (exact) mass is 341 g/mol. The lowest BCUT2D eigenvalue weighted by molar-refractivity contribution is 0.175. The van der Waals surface area contributed by atoms with Gasteiger partial charge in [0.15, 0.2) is 0 Å². The SMILES string of the molecule is Cc1cc(OCC(C)(C)CNCC(C)C)cc(C)c1Br. The first-order chi connectivity index (χ1) is 9.21. The molecular weight excluding hydrogens is 314 g/mol. The third-order valence-corrected chi connectivity index (χ3v) is 4.45. The smallest absolute Gasteiger partial charge is 0.119 e. The topological polar surface area (TPSA) is 21.3 Å². The van der Waals surface area contributed by atoms with Gasteiger partial charge in [0.25, 0.3) is 0 Å². The second kappa shape index (κ2) is 7.46. The first-order valence-electron chi connectivity index (χ1n) is 7.31. The maximum atomic E-state index is 5.98. The zero-order valence-corrected chi connectivity index (χ0v) is 15.2. The van der Waals surface area contributed by atoms with E-state index >= 15 is 0 Å². The number of halogens is 1. The highest BCUT2D eigenvalue weighted by Gasteiger charge is 2.19. The Morgan fingerprint density at radius 2 is 1.75 bits per heavy atom. The molecule has 2 nitrogen and oxygen atoms in total. The van der Waals surface area contributed by atoms with E-state index in [0.29, 0.717) is 5.92 Å². The predicted molar refractivity (Wildman–Crippen MR) is 90.6 cm³/mol. The van der Waals surface area contributed by atoms with Crippen LogP contribution in [0.15, 0.2) is 16.6 Å². The van der Waals surface area contributed by atoms with E-state index in [0.717, 1.165) is 25.4 Å². The van der Waals surface area contributed by atoms with E-state index in [-0.39, 0.29) is 5.41 Å². The quantitative estimate of drug-likeness (QED) is 0.774. The van der Waals surface area contributed by atoms with Gasteiger partial charge in [0, 0.05) is 16.4 Å². The van der Waals surface area contributed by atoms with Gasteiger partial charge in [-0.2, -0.15) is 0 Å². The van der Waals surface area contributed by atoms with Crippen molar-refractivity contribution in [2.75, 3.05) is 19.7 Å². The van der Waals surface area contributed by atoms with Crippen molar-refractivity contribution in [2.45, 2.75) is 41.5 Å². The van der Waals surface area contributed by atoms with Crippen LogP contribution in [0.5, 0.6) is 5.75 Å². The van der Waals surface area contributed by atoms with Crippen LogP contribution in [0, 0.1) is 25.2 Å². The first-order valence-corrected chi connectivity index (χ1v) is 8.11. The van der Waals surface area contributed by atoms with Gasteiger partial charge in [-0.05, 0) is 49.6 Å². The van der Waals surface area contributed by atoms with Crippen LogP contribution in [-0.4, -0.2) is 19.7 Å². The molecule has 20 heavy (non-hydrogen) atoms. The molecular formula is C17H28BrNO. The number of nitrogens with one attached hydrogen (secondary N) is 1. The fourth-order valence-corrected chi connectivity index (χ4v) is 2.25. The number of hydrogen-bond acceptors (Lipinski definition) is 2. The lowest BCUT2D eigenvalue weighted by Crippen LogP contribution is -2.35. The third kappa shape index (κ3) is 5.84. The lowest BCUT2D eigenvalue weighted by atomic mass is 9.94. The number of ether oxygens (including phenoxy) is 1. The van der Waals surface area contributed by atoms with Crippen LogP contribution in [-0.2, 0) is 0 Å². The van der Waals surface area contributed by atoms with Gasteiger partial charge in [-0.15, -0.1) is 0 Å². The summed E-state index contributed by atoms with van der Waals surface area (Å²) in [5.41, 5.74) is 2.57. The summed E-state index contributed by atoms with van der Waals surface area (Å²) in [7, 11) is 0. The van der Waals surface area contributed by atoms with Crippen molar-refractivity contribution in [3.8, 4) is 5.75 Å². The maximum Gasteiger partial charge on any atom is 0.119 e. The Hall–Kier alpha value is -0.540. The Kier molecular flexibility index (Phi) is 6.53. The summed E-state index contributed by atoms with van der Waals surface area (Å²) in [6.07, 6.45) is 0. The summed E-state index contributed by atoms with van der Waals surface area (Å²) in [5, 5.41) is 3.51. The van der Waals surface area contributed by atoms with Crippen molar-refractivity contribution in [3.63, 3.8) is 0 Å². The van der Waals surface area contributed by atoms with Crippen LogP contribution in [0.2, 0.25) is 0 Å². The van der Waals surface area contributed by atoms with Crippen molar-refractivity contribution in [1.82, 2.24) is 5.32 Å². The molecule has 1 aromatic carbocycles. The average molecular weight is 342 g/mol. The number of aryl methyl sites for hydroxylation is 2. The van der Waals surface area contributed by atoms with Gasteiger partial charge in [0.2, 0.25) is 0 Å². The minimum absolute atomic E-state index is 0.129. The highest BCUT2D eigenvalue weighted by atomic mass is 79.9. The van der Waals surface area contributed by atoms with Crippen molar-refractivity contribution in [2.24, 2.45) is 11.3 Å². The molecule has 3 heteroatoms. The second-order valence-corrected chi connectivity index (χ2v) is 7.64. The zero-order valence-electron chi connectivity index (χ0n) is 13.6. The van der Waals surface area contributed by atoms with Crippen LogP contribution in [0.3, 0.4) is 0 Å². The maximum absolute atomic E-state index is 5.98. The highest BCUT2D eigenvalue weighted by Crippen LogP contribution is 2.27. The van der Waals surface area contributed by atoms with E-state index in [4.69, 9.17) is 4.74 Å². The summed E-state index contributed by atoms with van der Waals surface area (Å²) in [6, 6.07) is 4.18. The summed E-state index contributed by atoms with van der Waals surface area (Å²) in [6.45, 7) is 15.9. The Morgan fingerprint density at radius 1 is 1.20 bits per heavy atom. The molecule has 0 amide bonds.